The number of nitrogens with zero attached hydrogens (tertiary/aromatic N) is 3. The fraction of sp³-hybridized carbons (Fsp3) is 0.167. The number of hydrogen-bond acceptors (Lipinski definition) is 6. The van der Waals surface area contributed by atoms with Gasteiger partial charge in [0.2, 0.25) is 5.69 Å². The number of hydrazone groups is 1. The molecule has 0 unspecified atom stereocenters. The molecule has 2 aromatic heterocycles. The third kappa shape index (κ3) is 4.17. The summed E-state index contributed by atoms with van der Waals surface area (Å²) in [6.45, 7) is 3.39. The van der Waals surface area contributed by atoms with Crippen LogP contribution in [-0.4, -0.2) is 10.7 Å². The topological polar surface area (TPSA) is 74.2 Å². The summed E-state index contributed by atoms with van der Waals surface area (Å²) in [5.74, 6) is 0.511. The molecule has 1 N–H and O–H groups in total. The number of nitriles is 1. The molecule has 0 aliphatic heterocycles. The number of aryl methyl sites for hydroxylation is 1. The summed E-state index contributed by atoms with van der Waals surface area (Å²) in [5.41, 5.74) is 3.43. The molecule has 0 saturated carbocycles. The lowest BCUT2D eigenvalue weighted by Gasteiger charge is -2.06. The Morgan fingerprint density at radius 2 is 1.93 bits per heavy atom. The van der Waals surface area contributed by atoms with Gasteiger partial charge in [-0.3, -0.25) is 0 Å². The van der Waals surface area contributed by atoms with Gasteiger partial charge >= 0.3 is 6.18 Å². The molecule has 27 heavy (non-hydrogen) atoms. The summed E-state index contributed by atoms with van der Waals surface area (Å²) < 4.78 is 43.2. The van der Waals surface area contributed by atoms with Crippen molar-refractivity contribution in [3.05, 3.63) is 58.4 Å². The lowest BCUT2D eigenvalue weighted by molar-refractivity contribution is -0.137. The van der Waals surface area contributed by atoms with Crippen LogP contribution in [0.25, 0.3) is 10.4 Å². The van der Waals surface area contributed by atoms with E-state index in [0.717, 1.165) is 21.9 Å². The molecule has 9 heteroatoms. The number of oxazole rings is 1. The predicted molar refractivity (Wildman–Crippen MR) is 96.5 cm³/mol. The number of alkyl halides is 3. The van der Waals surface area contributed by atoms with Crippen LogP contribution in [0, 0.1) is 18.3 Å². The van der Waals surface area contributed by atoms with E-state index in [0.29, 0.717) is 17.2 Å². The van der Waals surface area contributed by atoms with E-state index in [1.165, 1.54) is 23.5 Å². The summed E-state index contributed by atoms with van der Waals surface area (Å²) in [6.07, 6.45) is -4.35. The Hall–Kier alpha value is -3.12. The van der Waals surface area contributed by atoms with Gasteiger partial charge in [-0.1, -0.05) is 12.1 Å². The van der Waals surface area contributed by atoms with Crippen LogP contribution in [0.5, 0.6) is 0 Å². The largest absolute Gasteiger partial charge is 0.422 e. The van der Waals surface area contributed by atoms with Gasteiger partial charge in [-0.2, -0.15) is 23.5 Å². The summed E-state index contributed by atoms with van der Waals surface area (Å²) in [6, 6.07) is 10.6. The number of thiophene rings is 1. The lowest BCUT2D eigenvalue weighted by atomic mass is 10.1. The number of halogens is 3. The fourth-order valence-corrected chi connectivity index (χ4v) is 3.24. The second-order valence-electron chi connectivity index (χ2n) is 5.57. The lowest BCUT2D eigenvalue weighted by Crippen LogP contribution is -2.03. The first kappa shape index (κ1) is 18.7. The zero-order chi connectivity index (χ0) is 19.6. The van der Waals surface area contributed by atoms with Crippen molar-refractivity contribution < 1.29 is 17.6 Å². The maximum atomic E-state index is 12.7. The Balaban J connectivity index is 1.77. The Kier molecular flexibility index (Phi) is 5.01. The monoisotopic (exact) mass is 390 g/mol. The van der Waals surface area contributed by atoms with Gasteiger partial charge in [-0.05, 0) is 36.8 Å². The number of anilines is 1. The van der Waals surface area contributed by atoms with Gasteiger partial charge < -0.3 is 4.42 Å². The number of nitrogens with one attached hydrogen (secondary N) is 1. The van der Waals surface area contributed by atoms with Gasteiger partial charge in [-0.25, -0.2) is 10.4 Å². The van der Waals surface area contributed by atoms with Gasteiger partial charge in [0.15, 0.2) is 5.89 Å². The van der Waals surface area contributed by atoms with Crippen molar-refractivity contribution in [2.45, 2.75) is 20.0 Å². The molecule has 5 nitrogen and oxygen atoms in total. The Bertz CT molecular complexity index is 1030. The van der Waals surface area contributed by atoms with Crippen LogP contribution in [0.1, 0.15) is 28.9 Å². The average molecular weight is 390 g/mol. The SMILES string of the molecule is CC(=NNc1oc(C)nc1C#N)c1ccc(-c2ccc(C(F)(F)F)cc2)s1. The number of rotatable bonds is 4. The highest BCUT2D eigenvalue weighted by atomic mass is 32.1. The van der Waals surface area contributed by atoms with Crippen LogP contribution in [0.15, 0.2) is 45.9 Å². The second kappa shape index (κ2) is 7.25. The van der Waals surface area contributed by atoms with Gasteiger partial charge in [0.25, 0.3) is 5.88 Å². The molecule has 0 aliphatic rings. The summed E-state index contributed by atoms with van der Waals surface area (Å²) in [5, 5.41) is 13.2. The van der Waals surface area contributed by atoms with Gasteiger partial charge in [0, 0.05) is 11.8 Å². The zero-order valence-electron chi connectivity index (χ0n) is 14.3. The average Bonchev–Trinajstić information content (AvgIpc) is 3.25. The molecule has 0 atom stereocenters. The highest BCUT2D eigenvalue weighted by molar-refractivity contribution is 7.17. The molecule has 3 rings (SSSR count). The molecule has 0 spiro atoms. The van der Waals surface area contributed by atoms with Crippen molar-refractivity contribution >= 4 is 22.9 Å². The third-order valence-corrected chi connectivity index (χ3v) is 4.87. The minimum absolute atomic E-state index is 0.112. The van der Waals surface area contributed by atoms with E-state index in [1.807, 2.05) is 18.2 Å². The molecule has 0 amide bonds. The van der Waals surface area contributed by atoms with E-state index >= 15 is 0 Å². The normalized spacial score (nSPS) is 12.1. The molecule has 138 valence electrons. The zero-order valence-corrected chi connectivity index (χ0v) is 15.1. The van der Waals surface area contributed by atoms with Crippen molar-refractivity contribution in [3.8, 4) is 16.5 Å². The van der Waals surface area contributed by atoms with Crippen LogP contribution in [0.2, 0.25) is 0 Å². The summed E-state index contributed by atoms with van der Waals surface area (Å²) in [7, 11) is 0. The quantitative estimate of drug-likeness (QED) is 0.476. The van der Waals surface area contributed by atoms with Crippen LogP contribution in [-0.2, 0) is 6.18 Å². The van der Waals surface area contributed by atoms with Crippen molar-refractivity contribution in [2.24, 2.45) is 5.10 Å². The molecule has 0 bridgehead atoms. The van der Waals surface area contributed by atoms with E-state index < -0.39 is 11.7 Å². The smallest absolute Gasteiger partial charge is 0.416 e. The molecule has 0 fully saturated rings. The molecule has 2 heterocycles. The van der Waals surface area contributed by atoms with E-state index in [4.69, 9.17) is 9.68 Å². The van der Waals surface area contributed by atoms with Crippen molar-refractivity contribution in [1.29, 1.82) is 5.26 Å². The van der Waals surface area contributed by atoms with Crippen LogP contribution >= 0.6 is 11.3 Å². The molecule has 0 saturated heterocycles. The highest BCUT2D eigenvalue weighted by Crippen LogP contribution is 2.33. The number of aromatic nitrogens is 1. The Labute approximate surface area is 156 Å². The van der Waals surface area contributed by atoms with Crippen molar-refractivity contribution in [1.82, 2.24) is 4.98 Å². The molecule has 1 aromatic carbocycles. The van der Waals surface area contributed by atoms with E-state index in [2.05, 4.69) is 15.5 Å². The van der Waals surface area contributed by atoms with E-state index in [9.17, 15) is 13.2 Å². The first-order valence-corrected chi connectivity index (χ1v) is 8.55. The summed E-state index contributed by atoms with van der Waals surface area (Å²) >= 11 is 1.39. The predicted octanol–water partition coefficient (Wildman–Crippen LogP) is 5.44. The van der Waals surface area contributed by atoms with Crippen LogP contribution in [0.4, 0.5) is 19.1 Å². The standard InChI is InChI=1S/C18H13F3N4OS/c1-10(24-25-17-14(9-22)23-11(2)26-17)15-7-8-16(27-15)12-3-5-13(6-4-12)18(19,20)21/h3-8,25H,1-2H3. The van der Waals surface area contributed by atoms with E-state index in [1.54, 1.807) is 13.8 Å². The first-order valence-electron chi connectivity index (χ1n) is 7.73. The molecule has 0 radical (unpaired) electrons. The van der Waals surface area contributed by atoms with Crippen molar-refractivity contribution in [3.63, 3.8) is 0 Å². The maximum Gasteiger partial charge on any atom is 0.416 e. The fourth-order valence-electron chi connectivity index (χ4n) is 2.28. The maximum absolute atomic E-state index is 12.7. The molecule has 0 aliphatic carbocycles. The number of benzene rings is 1. The Morgan fingerprint density at radius 3 is 2.56 bits per heavy atom. The van der Waals surface area contributed by atoms with E-state index in [-0.39, 0.29) is 11.6 Å². The van der Waals surface area contributed by atoms with Gasteiger partial charge in [-0.15, -0.1) is 11.3 Å². The van der Waals surface area contributed by atoms with Crippen LogP contribution < -0.4 is 5.43 Å². The highest BCUT2D eigenvalue weighted by Gasteiger charge is 2.30. The van der Waals surface area contributed by atoms with Gasteiger partial charge in [0.1, 0.15) is 6.07 Å². The minimum atomic E-state index is -4.35. The Morgan fingerprint density at radius 1 is 1.22 bits per heavy atom. The minimum Gasteiger partial charge on any atom is -0.422 e. The number of hydrogen-bond donors (Lipinski definition) is 1. The third-order valence-electron chi connectivity index (χ3n) is 3.62. The summed E-state index contributed by atoms with van der Waals surface area (Å²) in [4.78, 5) is 5.56. The van der Waals surface area contributed by atoms with Crippen molar-refractivity contribution in [2.75, 3.05) is 5.43 Å². The van der Waals surface area contributed by atoms with Crippen LogP contribution in [0.3, 0.4) is 0 Å². The van der Waals surface area contributed by atoms with Gasteiger partial charge in [0.05, 0.1) is 16.2 Å². The second-order valence-corrected chi connectivity index (χ2v) is 6.65. The first-order chi connectivity index (χ1) is 12.8. The molecular formula is C18H13F3N4OS. The molecule has 3 aromatic rings. The molecular weight excluding hydrogens is 377 g/mol.